The van der Waals surface area contributed by atoms with E-state index in [1.165, 1.54) is 5.69 Å². The molecule has 0 saturated carbocycles. The van der Waals surface area contributed by atoms with Gasteiger partial charge in [-0.1, -0.05) is 6.92 Å². The summed E-state index contributed by atoms with van der Waals surface area (Å²) < 4.78 is 3.11. The van der Waals surface area contributed by atoms with E-state index in [0.29, 0.717) is 18.6 Å². The first-order valence-corrected chi connectivity index (χ1v) is 6.62. The summed E-state index contributed by atoms with van der Waals surface area (Å²) in [6.45, 7) is 6.87. The first kappa shape index (κ1) is 13.4. The minimum absolute atomic E-state index is 0.343. The third-order valence-electron chi connectivity index (χ3n) is 2.72. The SMILES string of the molecule is CCC(=O)CCCc1c(Br)c(C)nn1CC. The van der Waals surface area contributed by atoms with Crippen molar-refractivity contribution in [2.24, 2.45) is 0 Å². The molecule has 0 aromatic carbocycles. The van der Waals surface area contributed by atoms with Crippen molar-refractivity contribution in [2.75, 3.05) is 0 Å². The fourth-order valence-electron chi connectivity index (χ4n) is 1.74. The zero-order valence-electron chi connectivity index (χ0n) is 10.2. The molecular formula is C12H19BrN2O. The van der Waals surface area contributed by atoms with Gasteiger partial charge >= 0.3 is 0 Å². The molecule has 0 radical (unpaired) electrons. The lowest BCUT2D eigenvalue weighted by Gasteiger charge is -2.04. The van der Waals surface area contributed by atoms with Crippen LogP contribution in [0.1, 0.15) is 44.5 Å². The lowest BCUT2D eigenvalue weighted by Crippen LogP contribution is -2.04. The third kappa shape index (κ3) is 3.17. The van der Waals surface area contributed by atoms with E-state index in [1.54, 1.807) is 0 Å². The molecule has 0 aliphatic carbocycles. The van der Waals surface area contributed by atoms with Crippen LogP contribution >= 0.6 is 15.9 Å². The molecule has 0 aliphatic rings. The molecule has 1 heterocycles. The molecule has 1 rings (SSSR count). The molecule has 0 spiro atoms. The van der Waals surface area contributed by atoms with Crippen molar-refractivity contribution in [3.8, 4) is 0 Å². The van der Waals surface area contributed by atoms with Gasteiger partial charge in [-0.2, -0.15) is 5.10 Å². The van der Waals surface area contributed by atoms with Crippen molar-refractivity contribution in [2.45, 2.75) is 53.0 Å². The van der Waals surface area contributed by atoms with Crippen LogP contribution in [0.5, 0.6) is 0 Å². The summed E-state index contributed by atoms with van der Waals surface area (Å²) in [6, 6.07) is 0. The summed E-state index contributed by atoms with van der Waals surface area (Å²) in [5.74, 6) is 0.343. The van der Waals surface area contributed by atoms with Gasteiger partial charge in [0.05, 0.1) is 15.9 Å². The number of Topliss-reactive ketones (excluding diaryl/α,β-unsaturated/α-hetero) is 1. The average molecular weight is 287 g/mol. The van der Waals surface area contributed by atoms with Crippen molar-refractivity contribution >= 4 is 21.7 Å². The number of nitrogens with zero attached hydrogens (tertiary/aromatic N) is 2. The summed E-state index contributed by atoms with van der Waals surface area (Å²) >= 11 is 3.56. The molecule has 0 aliphatic heterocycles. The molecule has 16 heavy (non-hydrogen) atoms. The lowest BCUT2D eigenvalue weighted by atomic mass is 10.1. The number of aryl methyl sites for hydroxylation is 2. The topological polar surface area (TPSA) is 34.9 Å². The Labute approximate surface area is 105 Å². The van der Waals surface area contributed by atoms with Crippen molar-refractivity contribution in [1.29, 1.82) is 0 Å². The molecule has 0 fully saturated rings. The Bertz CT molecular complexity index is 371. The van der Waals surface area contributed by atoms with E-state index >= 15 is 0 Å². The summed E-state index contributed by atoms with van der Waals surface area (Å²) in [6.07, 6.45) is 3.15. The molecule has 0 bridgehead atoms. The fourth-order valence-corrected chi connectivity index (χ4v) is 2.22. The minimum Gasteiger partial charge on any atom is -0.300 e. The fraction of sp³-hybridized carbons (Fsp3) is 0.667. The normalized spacial score (nSPS) is 10.8. The Hall–Kier alpha value is -0.640. The zero-order chi connectivity index (χ0) is 12.1. The van der Waals surface area contributed by atoms with Gasteiger partial charge in [0.1, 0.15) is 5.78 Å². The summed E-state index contributed by atoms with van der Waals surface area (Å²) in [4.78, 5) is 11.2. The molecule has 0 saturated heterocycles. The van der Waals surface area contributed by atoms with E-state index in [2.05, 4.69) is 28.0 Å². The molecule has 0 amide bonds. The van der Waals surface area contributed by atoms with Crippen LogP contribution in [-0.4, -0.2) is 15.6 Å². The van der Waals surface area contributed by atoms with Gasteiger partial charge in [-0.15, -0.1) is 0 Å². The number of carbonyl (C=O) groups excluding carboxylic acids is 1. The number of hydrogen-bond acceptors (Lipinski definition) is 2. The Kier molecular flexibility index (Phi) is 5.19. The molecule has 1 aromatic rings. The van der Waals surface area contributed by atoms with E-state index in [1.807, 2.05) is 18.5 Å². The molecule has 4 heteroatoms. The van der Waals surface area contributed by atoms with E-state index in [-0.39, 0.29) is 0 Å². The van der Waals surface area contributed by atoms with Crippen molar-refractivity contribution in [3.05, 3.63) is 15.9 Å². The predicted octanol–water partition coefficient (Wildman–Crippen LogP) is 3.28. The quantitative estimate of drug-likeness (QED) is 0.804. The monoisotopic (exact) mass is 286 g/mol. The molecule has 90 valence electrons. The lowest BCUT2D eigenvalue weighted by molar-refractivity contribution is -0.118. The number of hydrogen-bond donors (Lipinski definition) is 0. The number of halogens is 1. The summed E-state index contributed by atoms with van der Waals surface area (Å²) in [5, 5.41) is 4.43. The highest BCUT2D eigenvalue weighted by Gasteiger charge is 2.11. The minimum atomic E-state index is 0.343. The van der Waals surface area contributed by atoms with Crippen LogP contribution < -0.4 is 0 Å². The maximum absolute atomic E-state index is 11.2. The van der Waals surface area contributed by atoms with Crippen LogP contribution in [0.2, 0.25) is 0 Å². The summed E-state index contributed by atoms with van der Waals surface area (Å²) in [5.41, 5.74) is 2.24. The largest absolute Gasteiger partial charge is 0.300 e. The second kappa shape index (κ2) is 6.18. The number of aromatic nitrogens is 2. The van der Waals surface area contributed by atoms with Crippen LogP contribution in [0.25, 0.3) is 0 Å². The maximum atomic E-state index is 11.2. The third-order valence-corrected chi connectivity index (χ3v) is 3.75. The predicted molar refractivity (Wildman–Crippen MR) is 68.6 cm³/mol. The van der Waals surface area contributed by atoms with Gasteiger partial charge in [0.15, 0.2) is 0 Å². The van der Waals surface area contributed by atoms with Crippen LogP contribution in [0, 0.1) is 6.92 Å². The molecule has 3 nitrogen and oxygen atoms in total. The van der Waals surface area contributed by atoms with Gasteiger partial charge in [0, 0.05) is 19.4 Å². The smallest absolute Gasteiger partial charge is 0.132 e. The average Bonchev–Trinajstić information content (AvgIpc) is 2.56. The summed E-state index contributed by atoms with van der Waals surface area (Å²) in [7, 11) is 0. The Morgan fingerprint density at radius 2 is 2.12 bits per heavy atom. The highest BCUT2D eigenvalue weighted by Crippen LogP contribution is 2.22. The van der Waals surface area contributed by atoms with Crippen molar-refractivity contribution < 1.29 is 4.79 Å². The molecule has 0 unspecified atom stereocenters. The van der Waals surface area contributed by atoms with E-state index < -0.39 is 0 Å². The standard InChI is InChI=1S/C12H19BrN2O/c1-4-10(16)7-6-8-11-12(13)9(3)14-15(11)5-2/h4-8H2,1-3H3. The van der Waals surface area contributed by atoms with E-state index in [0.717, 1.165) is 29.6 Å². The number of ketones is 1. The van der Waals surface area contributed by atoms with Crippen LogP contribution in [0.3, 0.4) is 0 Å². The Morgan fingerprint density at radius 1 is 1.44 bits per heavy atom. The number of rotatable bonds is 6. The van der Waals surface area contributed by atoms with Crippen LogP contribution in [0.15, 0.2) is 4.47 Å². The second-order valence-corrected chi connectivity index (χ2v) is 4.70. The first-order valence-electron chi connectivity index (χ1n) is 5.83. The van der Waals surface area contributed by atoms with Crippen LogP contribution in [0.4, 0.5) is 0 Å². The number of carbonyl (C=O) groups is 1. The highest BCUT2D eigenvalue weighted by molar-refractivity contribution is 9.10. The molecule has 0 N–H and O–H groups in total. The van der Waals surface area contributed by atoms with E-state index in [4.69, 9.17) is 0 Å². The molecule has 1 aromatic heterocycles. The van der Waals surface area contributed by atoms with Gasteiger partial charge < -0.3 is 0 Å². The zero-order valence-corrected chi connectivity index (χ0v) is 11.8. The second-order valence-electron chi connectivity index (χ2n) is 3.91. The van der Waals surface area contributed by atoms with Crippen molar-refractivity contribution in [1.82, 2.24) is 9.78 Å². The Morgan fingerprint density at radius 3 is 2.69 bits per heavy atom. The molecule has 0 atom stereocenters. The van der Waals surface area contributed by atoms with Gasteiger partial charge in [-0.05, 0) is 42.6 Å². The van der Waals surface area contributed by atoms with E-state index in [9.17, 15) is 4.79 Å². The van der Waals surface area contributed by atoms with Gasteiger partial charge in [-0.25, -0.2) is 0 Å². The first-order chi connectivity index (χ1) is 7.60. The van der Waals surface area contributed by atoms with Gasteiger partial charge in [0.2, 0.25) is 0 Å². The molecular weight excluding hydrogens is 268 g/mol. The maximum Gasteiger partial charge on any atom is 0.132 e. The Balaban J connectivity index is 2.62. The van der Waals surface area contributed by atoms with Gasteiger partial charge in [0.25, 0.3) is 0 Å². The van der Waals surface area contributed by atoms with Crippen molar-refractivity contribution in [3.63, 3.8) is 0 Å². The van der Waals surface area contributed by atoms with Gasteiger partial charge in [-0.3, -0.25) is 9.48 Å². The highest BCUT2D eigenvalue weighted by atomic mass is 79.9. The van der Waals surface area contributed by atoms with Crippen LogP contribution in [-0.2, 0) is 17.8 Å².